The molecule has 0 spiro atoms. The largest absolute Gasteiger partial charge is 0.465 e. The van der Waals surface area contributed by atoms with Crippen LogP contribution < -0.4 is 5.32 Å². The topological polar surface area (TPSA) is 38.3 Å². The molecule has 0 bridgehead atoms. The van der Waals surface area contributed by atoms with Crippen molar-refractivity contribution in [1.82, 2.24) is 5.32 Å². The number of halogens is 2. The molecule has 6 heteroatoms. The van der Waals surface area contributed by atoms with Crippen LogP contribution in [0.15, 0.2) is 23.1 Å². The van der Waals surface area contributed by atoms with Crippen LogP contribution in [0.3, 0.4) is 0 Å². The predicted octanol–water partition coefficient (Wildman–Crippen LogP) is 2.99. The van der Waals surface area contributed by atoms with Crippen LogP contribution in [0.25, 0.3) is 0 Å². The summed E-state index contributed by atoms with van der Waals surface area (Å²) in [6.07, 6.45) is 0. The van der Waals surface area contributed by atoms with Gasteiger partial charge in [-0.15, -0.1) is 11.8 Å². The number of hydrogen-bond donors (Lipinski definition) is 1. The Hall–Kier alpha value is -1.14. The standard InChI is InChI=1S/C14H19F2NO2S/c1-4-17-14(3,13(18)19-5-2)9-20-12-7-6-10(15)8-11(12)16/h6-8,17H,4-5,9H2,1-3H3. The second kappa shape index (κ2) is 7.59. The van der Waals surface area contributed by atoms with Gasteiger partial charge in [0.25, 0.3) is 0 Å². The van der Waals surface area contributed by atoms with E-state index in [0.29, 0.717) is 17.2 Å². The zero-order chi connectivity index (χ0) is 15.2. The summed E-state index contributed by atoms with van der Waals surface area (Å²) >= 11 is 1.15. The van der Waals surface area contributed by atoms with Gasteiger partial charge in [0.05, 0.1) is 6.61 Å². The molecule has 1 atom stereocenters. The fourth-order valence-corrected chi connectivity index (χ4v) is 2.70. The maximum atomic E-state index is 13.6. The number of carbonyl (C=O) groups excluding carboxylic acids is 1. The van der Waals surface area contributed by atoms with E-state index in [-0.39, 0.29) is 12.6 Å². The van der Waals surface area contributed by atoms with E-state index < -0.39 is 17.2 Å². The Morgan fingerprint density at radius 2 is 2.10 bits per heavy atom. The van der Waals surface area contributed by atoms with E-state index in [9.17, 15) is 13.6 Å². The highest BCUT2D eigenvalue weighted by Gasteiger charge is 2.34. The van der Waals surface area contributed by atoms with Crippen LogP contribution in [0.5, 0.6) is 0 Å². The monoisotopic (exact) mass is 303 g/mol. The van der Waals surface area contributed by atoms with Gasteiger partial charge in [-0.25, -0.2) is 8.78 Å². The number of nitrogens with one attached hydrogen (secondary N) is 1. The van der Waals surface area contributed by atoms with Crippen molar-refractivity contribution in [3.05, 3.63) is 29.8 Å². The number of hydrogen-bond acceptors (Lipinski definition) is 4. The number of carbonyl (C=O) groups is 1. The Balaban J connectivity index is 2.78. The van der Waals surface area contributed by atoms with Gasteiger partial charge in [-0.1, -0.05) is 6.92 Å². The third-order valence-corrected chi connectivity index (χ3v) is 4.07. The van der Waals surface area contributed by atoms with Crippen molar-refractivity contribution >= 4 is 17.7 Å². The molecule has 0 aromatic heterocycles. The van der Waals surface area contributed by atoms with Crippen molar-refractivity contribution in [1.29, 1.82) is 0 Å². The molecule has 0 radical (unpaired) electrons. The fraction of sp³-hybridized carbons (Fsp3) is 0.500. The number of rotatable bonds is 7. The minimum absolute atomic E-state index is 0.287. The molecule has 0 saturated carbocycles. The highest BCUT2D eigenvalue weighted by Crippen LogP contribution is 2.26. The van der Waals surface area contributed by atoms with Crippen molar-refractivity contribution < 1.29 is 18.3 Å². The average molecular weight is 303 g/mol. The van der Waals surface area contributed by atoms with Crippen LogP contribution in [0.4, 0.5) is 8.78 Å². The Kier molecular flexibility index (Phi) is 6.42. The molecule has 1 aromatic rings. The third-order valence-electron chi connectivity index (χ3n) is 2.70. The molecule has 112 valence electrons. The highest BCUT2D eigenvalue weighted by molar-refractivity contribution is 7.99. The summed E-state index contributed by atoms with van der Waals surface area (Å²) in [6, 6.07) is 3.39. The molecule has 1 rings (SSSR count). The maximum absolute atomic E-state index is 13.6. The summed E-state index contributed by atoms with van der Waals surface area (Å²) in [7, 11) is 0. The molecule has 0 fully saturated rings. The fourth-order valence-electron chi connectivity index (χ4n) is 1.68. The lowest BCUT2D eigenvalue weighted by molar-refractivity contribution is -0.149. The molecule has 3 nitrogen and oxygen atoms in total. The first-order valence-corrected chi connectivity index (χ1v) is 7.41. The van der Waals surface area contributed by atoms with Gasteiger partial charge in [-0.2, -0.15) is 0 Å². The first-order valence-electron chi connectivity index (χ1n) is 6.43. The van der Waals surface area contributed by atoms with Gasteiger partial charge < -0.3 is 10.1 Å². The summed E-state index contributed by atoms with van der Waals surface area (Å²) in [4.78, 5) is 12.3. The molecule has 0 heterocycles. The van der Waals surface area contributed by atoms with Gasteiger partial charge in [0.1, 0.15) is 17.2 Å². The summed E-state index contributed by atoms with van der Waals surface area (Å²) in [5, 5.41) is 3.05. The number of ether oxygens (including phenoxy) is 1. The quantitative estimate of drug-likeness (QED) is 0.621. The van der Waals surface area contributed by atoms with Crippen LogP contribution in [0.1, 0.15) is 20.8 Å². The van der Waals surface area contributed by atoms with E-state index in [1.165, 1.54) is 12.1 Å². The minimum atomic E-state index is -0.906. The van der Waals surface area contributed by atoms with Crippen LogP contribution in [-0.2, 0) is 9.53 Å². The maximum Gasteiger partial charge on any atom is 0.326 e. The molecule has 0 amide bonds. The van der Waals surface area contributed by atoms with Gasteiger partial charge in [-0.05, 0) is 32.5 Å². The van der Waals surface area contributed by atoms with Gasteiger partial charge in [0, 0.05) is 16.7 Å². The lowest BCUT2D eigenvalue weighted by Gasteiger charge is -2.27. The van der Waals surface area contributed by atoms with Crippen LogP contribution in [0, 0.1) is 11.6 Å². The van der Waals surface area contributed by atoms with E-state index >= 15 is 0 Å². The molecule has 0 aliphatic rings. The van der Waals surface area contributed by atoms with Crippen molar-refractivity contribution in [2.24, 2.45) is 0 Å². The zero-order valence-electron chi connectivity index (χ0n) is 11.8. The van der Waals surface area contributed by atoms with Crippen LogP contribution >= 0.6 is 11.8 Å². The molecule has 1 unspecified atom stereocenters. The molecule has 0 aliphatic heterocycles. The highest BCUT2D eigenvalue weighted by atomic mass is 32.2. The van der Waals surface area contributed by atoms with Gasteiger partial charge in [-0.3, -0.25) is 4.79 Å². The molecule has 0 saturated heterocycles. The van der Waals surface area contributed by atoms with Crippen LogP contribution in [-0.4, -0.2) is 30.4 Å². The zero-order valence-corrected chi connectivity index (χ0v) is 12.7. The Bertz CT molecular complexity index is 470. The average Bonchev–Trinajstić information content (AvgIpc) is 2.38. The number of likely N-dealkylation sites (N-methyl/N-ethyl adjacent to an activating group) is 1. The molecule has 1 aromatic carbocycles. The second-order valence-electron chi connectivity index (χ2n) is 4.45. The van der Waals surface area contributed by atoms with Gasteiger partial charge >= 0.3 is 5.97 Å². The van der Waals surface area contributed by atoms with Crippen molar-refractivity contribution in [2.75, 3.05) is 18.9 Å². The van der Waals surface area contributed by atoms with Crippen molar-refractivity contribution in [2.45, 2.75) is 31.2 Å². The molecular formula is C14H19F2NO2S. The summed E-state index contributed by atoms with van der Waals surface area (Å²) in [5.41, 5.74) is -0.906. The van der Waals surface area contributed by atoms with Gasteiger partial charge in [0.2, 0.25) is 0 Å². The predicted molar refractivity (Wildman–Crippen MR) is 75.8 cm³/mol. The first kappa shape index (κ1) is 16.9. The van der Waals surface area contributed by atoms with Gasteiger partial charge in [0.15, 0.2) is 0 Å². The lowest BCUT2D eigenvalue weighted by atomic mass is 10.1. The van der Waals surface area contributed by atoms with E-state index in [0.717, 1.165) is 17.8 Å². The lowest BCUT2D eigenvalue weighted by Crippen LogP contribution is -2.52. The summed E-state index contributed by atoms with van der Waals surface area (Å²) in [5.74, 6) is -1.33. The Morgan fingerprint density at radius 1 is 1.40 bits per heavy atom. The van der Waals surface area contributed by atoms with E-state index in [2.05, 4.69) is 5.32 Å². The second-order valence-corrected chi connectivity index (χ2v) is 5.46. The molecule has 0 aliphatic carbocycles. The van der Waals surface area contributed by atoms with E-state index in [4.69, 9.17) is 4.74 Å². The van der Waals surface area contributed by atoms with Crippen molar-refractivity contribution in [3.63, 3.8) is 0 Å². The molecule has 20 heavy (non-hydrogen) atoms. The van der Waals surface area contributed by atoms with Crippen LogP contribution in [0.2, 0.25) is 0 Å². The Morgan fingerprint density at radius 3 is 2.65 bits per heavy atom. The third kappa shape index (κ3) is 4.45. The smallest absolute Gasteiger partial charge is 0.326 e. The molecule has 1 N–H and O–H groups in total. The number of thioether (sulfide) groups is 1. The molecular weight excluding hydrogens is 284 g/mol. The number of esters is 1. The minimum Gasteiger partial charge on any atom is -0.465 e. The summed E-state index contributed by atoms with van der Waals surface area (Å²) in [6.45, 7) is 6.19. The normalized spacial score (nSPS) is 13.8. The van der Waals surface area contributed by atoms with E-state index in [1.807, 2.05) is 6.92 Å². The first-order chi connectivity index (χ1) is 9.42. The van der Waals surface area contributed by atoms with Crippen molar-refractivity contribution in [3.8, 4) is 0 Å². The number of benzene rings is 1. The SMILES string of the molecule is CCNC(C)(CSc1ccc(F)cc1F)C(=O)OCC. The Labute approximate surface area is 122 Å². The summed E-state index contributed by atoms with van der Waals surface area (Å²) < 4.78 is 31.4. The van der Waals surface area contributed by atoms with E-state index in [1.54, 1.807) is 13.8 Å².